The van der Waals surface area contributed by atoms with Gasteiger partial charge in [-0.25, -0.2) is 4.39 Å². The Bertz CT molecular complexity index is 531. The Hall–Kier alpha value is -1.48. The molecule has 0 aliphatic rings. The van der Waals surface area contributed by atoms with Crippen molar-refractivity contribution < 1.29 is 9.18 Å². The zero-order valence-corrected chi connectivity index (χ0v) is 10.4. The highest BCUT2D eigenvalue weighted by Gasteiger charge is 2.09. The number of rotatable bonds is 4. The van der Waals surface area contributed by atoms with Crippen LogP contribution in [0.1, 0.15) is 29.4 Å². The van der Waals surface area contributed by atoms with Crippen LogP contribution in [-0.4, -0.2) is 5.78 Å². The molecule has 1 nitrogen and oxygen atoms in total. The van der Waals surface area contributed by atoms with Gasteiger partial charge >= 0.3 is 0 Å². The minimum absolute atomic E-state index is 0.167. The molecule has 0 fully saturated rings. The predicted molar refractivity (Wildman–Crippen MR) is 69.0 cm³/mol. The summed E-state index contributed by atoms with van der Waals surface area (Å²) in [4.78, 5) is 13.4. The minimum Gasteiger partial charge on any atom is -0.293 e. The first-order chi connectivity index (χ1) is 8.20. The Labute approximate surface area is 104 Å². The van der Waals surface area contributed by atoms with Gasteiger partial charge in [0.2, 0.25) is 0 Å². The predicted octanol–water partition coefficient (Wildman–Crippen LogP) is 4.54. The second-order valence-electron chi connectivity index (χ2n) is 3.85. The van der Waals surface area contributed by atoms with Crippen LogP contribution >= 0.6 is 11.3 Å². The molecule has 2 rings (SSSR count). The van der Waals surface area contributed by atoms with Crippen LogP contribution in [0.4, 0.5) is 4.39 Å². The monoisotopic (exact) mass is 248 g/mol. The molecule has 0 unspecified atom stereocenters. The van der Waals surface area contributed by atoms with Gasteiger partial charge in [0.1, 0.15) is 5.82 Å². The highest BCUT2D eigenvalue weighted by molar-refractivity contribution is 7.17. The summed E-state index contributed by atoms with van der Waals surface area (Å²) in [7, 11) is 0. The maximum atomic E-state index is 13.1. The maximum absolute atomic E-state index is 13.1. The molecule has 0 saturated carbocycles. The topological polar surface area (TPSA) is 17.1 Å². The number of hydrogen-bond donors (Lipinski definition) is 0. The first kappa shape index (κ1) is 12.0. The van der Waals surface area contributed by atoms with Gasteiger partial charge in [-0.3, -0.25) is 4.79 Å². The molecule has 0 amide bonds. The largest absolute Gasteiger partial charge is 0.293 e. The van der Waals surface area contributed by atoms with Crippen molar-refractivity contribution in [3.63, 3.8) is 0 Å². The lowest BCUT2D eigenvalue weighted by Crippen LogP contribution is -1.93. The molecule has 0 bridgehead atoms. The first-order valence-corrected chi connectivity index (χ1v) is 6.41. The number of hydrogen-bond acceptors (Lipinski definition) is 2. The van der Waals surface area contributed by atoms with E-state index in [-0.39, 0.29) is 11.6 Å². The summed E-state index contributed by atoms with van der Waals surface area (Å²) in [6.07, 6.45) is 1.43. The van der Waals surface area contributed by atoms with Crippen molar-refractivity contribution in [3.8, 4) is 10.4 Å². The van der Waals surface area contributed by atoms with Gasteiger partial charge in [0.25, 0.3) is 0 Å². The minimum atomic E-state index is -0.252. The van der Waals surface area contributed by atoms with Gasteiger partial charge in [0, 0.05) is 11.3 Å². The van der Waals surface area contributed by atoms with Gasteiger partial charge < -0.3 is 0 Å². The molecule has 0 atom stereocenters. The van der Waals surface area contributed by atoms with Crippen LogP contribution in [0.25, 0.3) is 10.4 Å². The van der Waals surface area contributed by atoms with E-state index in [9.17, 15) is 9.18 Å². The van der Waals surface area contributed by atoms with Crippen molar-refractivity contribution in [2.75, 3.05) is 0 Å². The van der Waals surface area contributed by atoms with Gasteiger partial charge in [0.15, 0.2) is 5.78 Å². The summed E-state index contributed by atoms with van der Waals surface area (Å²) >= 11 is 1.43. The zero-order valence-electron chi connectivity index (χ0n) is 9.57. The fourth-order valence-corrected chi connectivity index (χ4v) is 2.60. The highest BCUT2D eigenvalue weighted by atomic mass is 32.1. The quantitative estimate of drug-likeness (QED) is 0.726. The van der Waals surface area contributed by atoms with E-state index in [4.69, 9.17) is 0 Å². The van der Waals surface area contributed by atoms with E-state index in [0.29, 0.717) is 6.42 Å². The number of ketones is 1. The van der Waals surface area contributed by atoms with Crippen molar-refractivity contribution in [2.45, 2.75) is 19.8 Å². The fraction of sp³-hybridized carbons (Fsp3) is 0.214. The second kappa shape index (κ2) is 5.23. The average molecular weight is 248 g/mol. The normalized spacial score (nSPS) is 10.5. The van der Waals surface area contributed by atoms with Gasteiger partial charge in [0.05, 0.1) is 4.88 Å². The number of benzene rings is 1. The van der Waals surface area contributed by atoms with E-state index in [1.165, 1.54) is 23.5 Å². The lowest BCUT2D eigenvalue weighted by molar-refractivity contribution is 0.0985. The number of thiophene rings is 1. The third-order valence-electron chi connectivity index (χ3n) is 2.47. The Kier molecular flexibility index (Phi) is 3.69. The van der Waals surface area contributed by atoms with Crippen molar-refractivity contribution in [2.24, 2.45) is 0 Å². The van der Waals surface area contributed by atoms with E-state index in [0.717, 1.165) is 21.7 Å². The van der Waals surface area contributed by atoms with Crippen molar-refractivity contribution in [1.82, 2.24) is 0 Å². The van der Waals surface area contributed by atoms with Crippen molar-refractivity contribution in [1.29, 1.82) is 0 Å². The van der Waals surface area contributed by atoms with Crippen molar-refractivity contribution in [3.05, 3.63) is 47.1 Å². The smallest absolute Gasteiger partial charge is 0.172 e. The van der Waals surface area contributed by atoms with E-state index >= 15 is 0 Å². The highest BCUT2D eigenvalue weighted by Crippen LogP contribution is 2.29. The van der Waals surface area contributed by atoms with Gasteiger partial charge in [-0.15, -0.1) is 11.3 Å². The Morgan fingerprint density at radius 1 is 1.29 bits per heavy atom. The number of carbonyl (C=O) groups excluding carboxylic acids is 1. The number of carbonyl (C=O) groups is 1. The summed E-state index contributed by atoms with van der Waals surface area (Å²) in [5, 5.41) is 0. The summed E-state index contributed by atoms with van der Waals surface area (Å²) in [5.74, 6) is -0.0857. The summed E-state index contributed by atoms with van der Waals surface area (Å²) in [5.41, 5.74) is 0.825. The molecule has 0 aliphatic heterocycles. The molecule has 0 saturated heterocycles. The molecule has 1 aromatic heterocycles. The molecule has 0 aliphatic carbocycles. The number of halogens is 1. The van der Waals surface area contributed by atoms with Crippen molar-refractivity contribution >= 4 is 17.1 Å². The zero-order chi connectivity index (χ0) is 12.3. The third kappa shape index (κ3) is 2.80. The molecule has 0 N–H and O–H groups in total. The first-order valence-electron chi connectivity index (χ1n) is 5.59. The van der Waals surface area contributed by atoms with Crippen LogP contribution in [0, 0.1) is 5.82 Å². The van der Waals surface area contributed by atoms with Crippen LogP contribution in [0.3, 0.4) is 0 Å². The lowest BCUT2D eigenvalue weighted by Gasteiger charge is -1.97. The Morgan fingerprint density at radius 2 is 2.12 bits per heavy atom. The molecule has 2 aromatic rings. The van der Waals surface area contributed by atoms with E-state index in [1.807, 2.05) is 25.1 Å². The van der Waals surface area contributed by atoms with E-state index < -0.39 is 0 Å². The molecule has 1 heterocycles. The second-order valence-corrected chi connectivity index (χ2v) is 4.93. The molecular weight excluding hydrogens is 235 g/mol. The molecular formula is C14H13FOS. The SMILES string of the molecule is CCCC(=O)c1ccc(-c2cccc(F)c2)s1. The maximum Gasteiger partial charge on any atom is 0.172 e. The summed E-state index contributed by atoms with van der Waals surface area (Å²) in [6, 6.07) is 10.1. The molecule has 17 heavy (non-hydrogen) atoms. The standard InChI is InChI=1S/C14H13FOS/c1-2-4-12(16)14-8-7-13(17-14)10-5-3-6-11(15)9-10/h3,5-9H,2,4H2,1H3. The van der Waals surface area contributed by atoms with Crippen LogP contribution in [0.5, 0.6) is 0 Å². The van der Waals surface area contributed by atoms with Crippen LogP contribution < -0.4 is 0 Å². The van der Waals surface area contributed by atoms with Crippen LogP contribution in [0.15, 0.2) is 36.4 Å². The van der Waals surface area contributed by atoms with Crippen LogP contribution in [0.2, 0.25) is 0 Å². The average Bonchev–Trinajstić information content (AvgIpc) is 2.78. The van der Waals surface area contributed by atoms with Gasteiger partial charge in [-0.05, 0) is 36.2 Å². The molecule has 3 heteroatoms. The molecule has 88 valence electrons. The number of Topliss-reactive ketones (excluding diaryl/α,β-unsaturated/α-hetero) is 1. The Morgan fingerprint density at radius 3 is 2.82 bits per heavy atom. The molecule has 0 radical (unpaired) electrons. The fourth-order valence-electron chi connectivity index (χ4n) is 1.63. The van der Waals surface area contributed by atoms with Gasteiger partial charge in [-0.1, -0.05) is 19.1 Å². The Balaban J connectivity index is 2.27. The molecule has 0 spiro atoms. The van der Waals surface area contributed by atoms with E-state index in [1.54, 1.807) is 6.07 Å². The molecule has 1 aromatic carbocycles. The summed E-state index contributed by atoms with van der Waals surface area (Å²) < 4.78 is 13.1. The lowest BCUT2D eigenvalue weighted by atomic mass is 10.2. The third-order valence-corrected chi connectivity index (χ3v) is 3.64. The van der Waals surface area contributed by atoms with E-state index in [2.05, 4.69) is 0 Å². The van der Waals surface area contributed by atoms with Crippen LogP contribution in [-0.2, 0) is 0 Å². The summed E-state index contributed by atoms with van der Waals surface area (Å²) in [6.45, 7) is 1.99. The van der Waals surface area contributed by atoms with Gasteiger partial charge in [-0.2, -0.15) is 0 Å².